The number of hydrogen-bond donors (Lipinski definition) is 1. The van der Waals surface area contributed by atoms with Crippen LogP contribution in [-0.2, 0) is 0 Å². The average molecular weight is 363 g/mol. The van der Waals surface area contributed by atoms with E-state index < -0.39 is 4.92 Å². The van der Waals surface area contributed by atoms with Crippen molar-refractivity contribution in [1.29, 1.82) is 0 Å². The molecule has 0 bridgehead atoms. The van der Waals surface area contributed by atoms with Crippen molar-refractivity contribution in [2.75, 3.05) is 32.8 Å². The molecule has 0 saturated carbocycles. The number of carbonyl (C=O) groups is 1. The number of nitrogens with one attached hydrogen (secondary N) is 1. The normalized spacial score (nSPS) is 20.6. The molecule has 1 aliphatic rings. The van der Waals surface area contributed by atoms with Gasteiger partial charge in [0.1, 0.15) is 0 Å². The zero-order valence-electron chi connectivity index (χ0n) is 15.9. The fourth-order valence-corrected chi connectivity index (χ4v) is 3.66. The van der Waals surface area contributed by atoms with E-state index in [0.29, 0.717) is 13.2 Å². The number of amides is 1. The summed E-state index contributed by atoms with van der Waals surface area (Å²) in [5.74, 6) is 1.33. The zero-order valence-corrected chi connectivity index (χ0v) is 15.9. The minimum Gasteiger partial charge on any atom is -0.487 e. The molecule has 1 amide bonds. The van der Waals surface area contributed by atoms with Gasteiger partial charge in [-0.2, -0.15) is 0 Å². The topological polar surface area (TPSA) is 84.7 Å². The highest BCUT2D eigenvalue weighted by molar-refractivity contribution is 5.95. The fourth-order valence-electron chi connectivity index (χ4n) is 3.66. The molecule has 1 aromatic carbocycles. The highest BCUT2D eigenvalue weighted by Gasteiger charge is 2.21. The maximum atomic E-state index is 12.3. The molecule has 1 N–H and O–H groups in total. The number of piperidine rings is 1. The second-order valence-electron chi connectivity index (χ2n) is 7.19. The third-order valence-corrected chi connectivity index (χ3v) is 4.60. The van der Waals surface area contributed by atoms with Crippen LogP contribution in [0.3, 0.4) is 0 Å². The highest BCUT2D eigenvalue weighted by atomic mass is 16.6. The van der Waals surface area contributed by atoms with Crippen molar-refractivity contribution in [3.8, 4) is 5.75 Å². The fraction of sp³-hybridized carbons (Fsp3) is 0.632. The van der Waals surface area contributed by atoms with E-state index in [-0.39, 0.29) is 22.9 Å². The van der Waals surface area contributed by atoms with Crippen LogP contribution >= 0.6 is 0 Å². The Morgan fingerprint density at radius 2 is 2.04 bits per heavy atom. The van der Waals surface area contributed by atoms with E-state index in [2.05, 4.69) is 24.1 Å². The molecule has 0 spiro atoms. The van der Waals surface area contributed by atoms with Crippen LogP contribution in [-0.4, -0.2) is 48.5 Å². The molecule has 0 radical (unpaired) electrons. The molecule has 0 aliphatic carbocycles. The molecular formula is C19H29N3O4. The average Bonchev–Trinajstić information content (AvgIpc) is 2.58. The van der Waals surface area contributed by atoms with Crippen molar-refractivity contribution in [2.45, 2.75) is 33.6 Å². The number of rotatable bonds is 8. The molecule has 2 rings (SSSR count). The largest absolute Gasteiger partial charge is 0.487 e. The zero-order chi connectivity index (χ0) is 19.1. The number of nitrogens with zero attached hydrogens (tertiary/aromatic N) is 2. The van der Waals surface area contributed by atoms with Gasteiger partial charge in [0, 0.05) is 31.3 Å². The number of likely N-dealkylation sites (tertiary alicyclic amines) is 1. The Balaban J connectivity index is 1.84. The third kappa shape index (κ3) is 5.69. The van der Waals surface area contributed by atoms with Crippen molar-refractivity contribution < 1.29 is 14.5 Å². The smallest absolute Gasteiger partial charge is 0.311 e. The summed E-state index contributed by atoms with van der Waals surface area (Å²) in [6, 6.07) is 4.31. The molecule has 2 atom stereocenters. The lowest BCUT2D eigenvalue weighted by molar-refractivity contribution is -0.385. The van der Waals surface area contributed by atoms with Crippen LogP contribution in [0.5, 0.6) is 5.75 Å². The number of hydrogen-bond acceptors (Lipinski definition) is 5. The molecule has 1 heterocycles. The molecule has 1 aliphatic heterocycles. The molecule has 1 saturated heterocycles. The summed E-state index contributed by atoms with van der Waals surface area (Å²) in [6.45, 7) is 10.4. The lowest BCUT2D eigenvalue weighted by Gasteiger charge is -2.34. The highest BCUT2D eigenvalue weighted by Crippen LogP contribution is 2.28. The maximum absolute atomic E-state index is 12.3. The quantitative estimate of drug-likeness (QED) is 0.436. The molecule has 0 unspecified atom stereocenters. The van der Waals surface area contributed by atoms with Gasteiger partial charge in [-0.15, -0.1) is 0 Å². The van der Waals surface area contributed by atoms with Gasteiger partial charge in [0.2, 0.25) is 0 Å². The van der Waals surface area contributed by atoms with E-state index in [1.165, 1.54) is 18.6 Å². The van der Waals surface area contributed by atoms with Gasteiger partial charge in [-0.3, -0.25) is 14.9 Å². The molecule has 1 aromatic rings. The lowest BCUT2D eigenvalue weighted by atomic mass is 9.92. The first-order chi connectivity index (χ1) is 12.4. The summed E-state index contributed by atoms with van der Waals surface area (Å²) >= 11 is 0. The molecule has 0 aromatic heterocycles. The van der Waals surface area contributed by atoms with Gasteiger partial charge in [-0.05, 0) is 50.3 Å². The predicted molar refractivity (Wildman–Crippen MR) is 101 cm³/mol. The monoisotopic (exact) mass is 363 g/mol. The first kappa shape index (κ1) is 20.2. The Bertz CT molecular complexity index is 625. The van der Waals surface area contributed by atoms with Crippen molar-refractivity contribution in [1.82, 2.24) is 10.2 Å². The molecule has 7 nitrogen and oxygen atoms in total. The second kappa shape index (κ2) is 9.52. The van der Waals surface area contributed by atoms with Crippen molar-refractivity contribution in [3.05, 3.63) is 33.9 Å². The van der Waals surface area contributed by atoms with Gasteiger partial charge in [0.05, 0.1) is 11.5 Å². The molecule has 1 fully saturated rings. The van der Waals surface area contributed by atoms with E-state index in [1.54, 1.807) is 13.0 Å². The lowest BCUT2D eigenvalue weighted by Crippen LogP contribution is -2.40. The summed E-state index contributed by atoms with van der Waals surface area (Å²) in [5, 5.41) is 14.0. The van der Waals surface area contributed by atoms with E-state index in [1.807, 2.05) is 0 Å². The van der Waals surface area contributed by atoms with Crippen LogP contribution in [0, 0.1) is 22.0 Å². The third-order valence-electron chi connectivity index (χ3n) is 4.60. The first-order valence-corrected chi connectivity index (χ1v) is 9.32. The van der Waals surface area contributed by atoms with Gasteiger partial charge < -0.3 is 15.0 Å². The van der Waals surface area contributed by atoms with Crippen LogP contribution < -0.4 is 10.1 Å². The Morgan fingerprint density at radius 3 is 2.65 bits per heavy atom. The molecule has 7 heteroatoms. The van der Waals surface area contributed by atoms with Crippen molar-refractivity contribution in [2.24, 2.45) is 11.8 Å². The minimum atomic E-state index is -0.527. The predicted octanol–water partition coefficient (Wildman–Crippen LogP) is 3.09. The summed E-state index contributed by atoms with van der Waals surface area (Å²) in [7, 11) is 0. The molecule has 144 valence electrons. The Morgan fingerprint density at radius 1 is 1.35 bits per heavy atom. The van der Waals surface area contributed by atoms with E-state index in [9.17, 15) is 14.9 Å². The number of ether oxygens (including phenoxy) is 1. The van der Waals surface area contributed by atoms with Gasteiger partial charge in [0.25, 0.3) is 5.91 Å². The van der Waals surface area contributed by atoms with Gasteiger partial charge >= 0.3 is 5.69 Å². The van der Waals surface area contributed by atoms with Crippen LogP contribution in [0.25, 0.3) is 0 Å². The summed E-state index contributed by atoms with van der Waals surface area (Å²) in [4.78, 5) is 25.3. The van der Waals surface area contributed by atoms with Gasteiger partial charge in [-0.25, -0.2) is 0 Å². The maximum Gasteiger partial charge on any atom is 0.311 e. The van der Waals surface area contributed by atoms with Crippen molar-refractivity contribution >= 4 is 11.6 Å². The van der Waals surface area contributed by atoms with E-state index >= 15 is 0 Å². The summed E-state index contributed by atoms with van der Waals surface area (Å²) < 4.78 is 5.24. The van der Waals surface area contributed by atoms with E-state index in [0.717, 1.165) is 37.9 Å². The number of benzene rings is 1. The molecular weight excluding hydrogens is 334 g/mol. The number of carbonyl (C=O) groups excluding carboxylic acids is 1. The second-order valence-corrected chi connectivity index (χ2v) is 7.19. The van der Waals surface area contributed by atoms with Crippen LogP contribution in [0.15, 0.2) is 18.2 Å². The van der Waals surface area contributed by atoms with E-state index in [4.69, 9.17) is 4.74 Å². The SMILES string of the molecule is CCOc1ccc(C(=O)NCCCN2C[C@H](C)C[C@@H](C)C2)cc1[N+](=O)[O-]. The van der Waals surface area contributed by atoms with Crippen LogP contribution in [0.4, 0.5) is 5.69 Å². The molecule has 26 heavy (non-hydrogen) atoms. The van der Waals surface area contributed by atoms with Gasteiger partial charge in [0.15, 0.2) is 5.75 Å². The Kier molecular flexibility index (Phi) is 7.38. The van der Waals surface area contributed by atoms with Crippen molar-refractivity contribution in [3.63, 3.8) is 0 Å². The van der Waals surface area contributed by atoms with Gasteiger partial charge in [-0.1, -0.05) is 13.8 Å². The number of nitro groups is 1. The Labute approximate surface area is 154 Å². The minimum absolute atomic E-state index is 0.183. The standard InChI is InChI=1S/C19H29N3O4/c1-4-26-18-7-6-16(11-17(18)22(24)25)19(23)20-8-5-9-21-12-14(2)10-15(3)13-21/h6-7,11,14-15H,4-5,8-10,12-13H2,1-3H3,(H,20,23)/t14-,15-/m1/s1. The first-order valence-electron chi connectivity index (χ1n) is 9.32. The number of nitro benzene ring substituents is 1. The van der Waals surface area contributed by atoms with Crippen LogP contribution in [0.1, 0.15) is 44.0 Å². The Hall–Kier alpha value is -2.15. The van der Waals surface area contributed by atoms with Crippen LogP contribution in [0.2, 0.25) is 0 Å². The summed E-state index contributed by atoms with van der Waals surface area (Å²) in [6.07, 6.45) is 2.15. The summed E-state index contributed by atoms with van der Waals surface area (Å²) in [5.41, 5.74) is 0.0937.